The summed E-state index contributed by atoms with van der Waals surface area (Å²) in [6, 6.07) is -0.412. The first-order valence-electron chi connectivity index (χ1n) is 8.32. The second-order valence-corrected chi connectivity index (χ2v) is 7.53. The van der Waals surface area contributed by atoms with Gasteiger partial charge in [0.1, 0.15) is 29.6 Å². The molecule has 11 nitrogen and oxygen atoms in total. The Balaban J connectivity index is 1.83. The van der Waals surface area contributed by atoms with Gasteiger partial charge in [-0.25, -0.2) is 14.5 Å². The fourth-order valence-electron chi connectivity index (χ4n) is 2.89. The summed E-state index contributed by atoms with van der Waals surface area (Å²) in [5, 5.41) is 20.1. The van der Waals surface area contributed by atoms with Crippen molar-refractivity contribution in [1.29, 1.82) is 0 Å². The van der Waals surface area contributed by atoms with Gasteiger partial charge in [-0.1, -0.05) is 0 Å². The molecular formula is C16H16N8O3S. The van der Waals surface area contributed by atoms with Crippen molar-refractivity contribution < 1.29 is 9.72 Å². The highest BCUT2D eigenvalue weighted by Crippen LogP contribution is 2.32. The zero-order valence-corrected chi connectivity index (χ0v) is 16.3. The molecule has 144 valence electrons. The number of hydrogen-bond acceptors (Lipinski definition) is 8. The van der Waals surface area contributed by atoms with E-state index in [4.69, 9.17) is 0 Å². The second-order valence-electron chi connectivity index (χ2n) is 6.53. The average Bonchev–Trinajstić information content (AvgIpc) is 3.36. The number of rotatable bonds is 4. The molecule has 0 spiro atoms. The highest BCUT2D eigenvalue weighted by molar-refractivity contribution is 7.20. The lowest BCUT2D eigenvalue weighted by atomic mass is 10.2. The largest absolute Gasteiger partial charge is 0.344 e. The van der Waals surface area contributed by atoms with Gasteiger partial charge in [0, 0.05) is 14.1 Å². The lowest BCUT2D eigenvalue weighted by molar-refractivity contribution is -0.385. The quantitative estimate of drug-likeness (QED) is 0.379. The van der Waals surface area contributed by atoms with Gasteiger partial charge in [-0.3, -0.25) is 19.6 Å². The van der Waals surface area contributed by atoms with Crippen molar-refractivity contribution in [2.45, 2.75) is 19.9 Å². The molecule has 0 saturated carbocycles. The number of nitrogens with zero attached hydrogens (tertiary/aromatic N) is 8. The van der Waals surface area contributed by atoms with Crippen LogP contribution in [0.1, 0.15) is 34.0 Å². The van der Waals surface area contributed by atoms with Crippen LogP contribution in [0.3, 0.4) is 0 Å². The van der Waals surface area contributed by atoms with Gasteiger partial charge in [0.2, 0.25) is 0 Å². The number of amides is 1. The van der Waals surface area contributed by atoms with E-state index in [0.717, 1.165) is 10.9 Å². The number of carbonyl (C=O) groups is 1. The van der Waals surface area contributed by atoms with Crippen LogP contribution >= 0.6 is 11.3 Å². The van der Waals surface area contributed by atoms with E-state index < -0.39 is 11.0 Å². The first-order chi connectivity index (χ1) is 13.3. The van der Waals surface area contributed by atoms with Crippen LogP contribution in [-0.4, -0.2) is 59.2 Å². The molecule has 0 aliphatic heterocycles. The molecule has 0 aliphatic carbocycles. The Kier molecular flexibility index (Phi) is 4.07. The summed E-state index contributed by atoms with van der Waals surface area (Å²) in [4.78, 5) is 34.7. The third-order valence-electron chi connectivity index (χ3n) is 4.45. The maximum atomic E-state index is 12.4. The van der Waals surface area contributed by atoms with Crippen LogP contribution in [0.5, 0.6) is 0 Å². The molecule has 0 N–H and O–H groups in total. The van der Waals surface area contributed by atoms with Crippen LogP contribution in [0.15, 0.2) is 18.7 Å². The smallest absolute Gasteiger partial charge is 0.307 e. The Morgan fingerprint density at radius 3 is 2.79 bits per heavy atom. The minimum absolute atomic E-state index is 0.0874. The molecule has 1 atom stereocenters. The summed E-state index contributed by atoms with van der Waals surface area (Å²) < 4.78 is 2.99. The number of thiophene rings is 1. The number of aryl methyl sites for hydroxylation is 1. The van der Waals surface area contributed by atoms with Gasteiger partial charge < -0.3 is 4.90 Å². The molecule has 1 amide bonds. The standard InChI is InChI=1S/C16H16N8O3S/c1-8-11-14-19-13(9(2)22-6-10(5-18-22)24(26)27)20-23(14)7-17-15(11)28-12(8)16(25)21(3)4/h5-7,9H,1-4H3. The predicted octanol–water partition coefficient (Wildman–Crippen LogP) is 2.06. The van der Waals surface area contributed by atoms with Crippen molar-refractivity contribution in [3.8, 4) is 0 Å². The summed E-state index contributed by atoms with van der Waals surface area (Å²) in [6.07, 6.45) is 4.08. The first kappa shape index (κ1) is 18.0. The van der Waals surface area contributed by atoms with E-state index in [1.165, 1.54) is 33.3 Å². The molecule has 0 saturated heterocycles. The minimum atomic E-state index is -0.501. The number of aromatic nitrogens is 6. The molecular weight excluding hydrogens is 384 g/mol. The molecule has 0 fully saturated rings. The Morgan fingerprint density at radius 2 is 2.14 bits per heavy atom. The van der Waals surface area contributed by atoms with Gasteiger partial charge in [-0.15, -0.1) is 16.4 Å². The van der Waals surface area contributed by atoms with Crippen molar-refractivity contribution in [3.05, 3.63) is 45.1 Å². The van der Waals surface area contributed by atoms with Crippen molar-refractivity contribution in [1.82, 2.24) is 34.3 Å². The van der Waals surface area contributed by atoms with Crippen molar-refractivity contribution in [3.63, 3.8) is 0 Å². The summed E-state index contributed by atoms with van der Waals surface area (Å²) in [6.45, 7) is 3.67. The van der Waals surface area contributed by atoms with Crippen molar-refractivity contribution in [2.24, 2.45) is 0 Å². The molecule has 4 rings (SSSR count). The number of carbonyl (C=O) groups excluding carboxylic acids is 1. The highest BCUT2D eigenvalue weighted by atomic mass is 32.1. The lowest BCUT2D eigenvalue weighted by Crippen LogP contribution is -2.21. The van der Waals surface area contributed by atoms with Crippen LogP contribution in [0.25, 0.3) is 15.9 Å². The van der Waals surface area contributed by atoms with Crippen LogP contribution in [-0.2, 0) is 0 Å². The van der Waals surface area contributed by atoms with Crippen LogP contribution < -0.4 is 0 Å². The fourth-order valence-corrected chi connectivity index (χ4v) is 4.05. The molecule has 1 unspecified atom stereocenters. The molecule has 0 aromatic carbocycles. The molecule has 4 heterocycles. The number of fused-ring (bicyclic) bond motifs is 3. The average molecular weight is 400 g/mol. The Labute approximate surface area is 162 Å². The lowest BCUT2D eigenvalue weighted by Gasteiger charge is -2.08. The van der Waals surface area contributed by atoms with E-state index in [2.05, 4.69) is 20.2 Å². The summed E-state index contributed by atoms with van der Waals surface area (Å²) in [5.41, 5.74) is 1.29. The molecule has 0 bridgehead atoms. The van der Waals surface area contributed by atoms with E-state index in [-0.39, 0.29) is 11.6 Å². The molecule has 4 aromatic heterocycles. The normalized spacial score (nSPS) is 12.6. The van der Waals surface area contributed by atoms with E-state index in [1.54, 1.807) is 31.9 Å². The van der Waals surface area contributed by atoms with Crippen LogP contribution in [0, 0.1) is 17.0 Å². The topological polar surface area (TPSA) is 124 Å². The van der Waals surface area contributed by atoms with Crippen molar-refractivity contribution in [2.75, 3.05) is 14.1 Å². The SMILES string of the molecule is Cc1c(C(=O)N(C)C)sc2ncn3nc(C(C)n4cc([N+](=O)[O-])cn4)nc3c12. The molecule has 0 aliphatic rings. The zero-order valence-electron chi connectivity index (χ0n) is 15.5. The zero-order chi connectivity index (χ0) is 20.2. The third-order valence-corrected chi connectivity index (χ3v) is 5.64. The van der Waals surface area contributed by atoms with Crippen LogP contribution in [0.4, 0.5) is 5.69 Å². The highest BCUT2D eigenvalue weighted by Gasteiger charge is 2.23. The second kappa shape index (κ2) is 6.34. The van der Waals surface area contributed by atoms with Gasteiger partial charge in [0.25, 0.3) is 5.91 Å². The van der Waals surface area contributed by atoms with Gasteiger partial charge in [-0.05, 0) is 19.4 Å². The minimum Gasteiger partial charge on any atom is -0.344 e. The maximum Gasteiger partial charge on any atom is 0.307 e. The maximum absolute atomic E-state index is 12.4. The first-order valence-corrected chi connectivity index (χ1v) is 9.14. The molecule has 4 aromatic rings. The summed E-state index contributed by atoms with van der Waals surface area (Å²) in [7, 11) is 3.41. The summed E-state index contributed by atoms with van der Waals surface area (Å²) in [5.74, 6) is 0.356. The Morgan fingerprint density at radius 1 is 1.39 bits per heavy atom. The van der Waals surface area contributed by atoms with Gasteiger partial charge in [0.05, 0.1) is 15.2 Å². The summed E-state index contributed by atoms with van der Waals surface area (Å²) >= 11 is 1.32. The van der Waals surface area contributed by atoms with E-state index in [9.17, 15) is 14.9 Å². The molecule has 12 heteroatoms. The molecule has 0 radical (unpaired) electrons. The monoisotopic (exact) mass is 400 g/mol. The van der Waals surface area contributed by atoms with Gasteiger partial charge in [-0.2, -0.15) is 5.10 Å². The number of hydrogen-bond donors (Lipinski definition) is 0. The van der Waals surface area contributed by atoms with Gasteiger partial charge >= 0.3 is 5.69 Å². The Hall–Kier alpha value is -3.41. The van der Waals surface area contributed by atoms with E-state index in [0.29, 0.717) is 21.2 Å². The number of nitro groups is 1. The molecule has 28 heavy (non-hydrogen) atoms. The fraction of sp³-hybridized carbons (Fsp3) is 0.312. The van der Waals surface area contributed by atoms with Crippen molar-refractivity contribution >= 4 is 38.8 Å². The Bertz CT molecular complexity index is 1240. The van der Waals surface area contributed by atoms with Gasteiger partial charge in [0.15, 0.2) is 11.5 Å². The van der Waals surface area contributed by atoms with E-state index in [1.807, 2.05) is 6.92 Å². The predicted molar refractivity (Wildman–Crippen MR) is 102 cm³/mol. The van der Waals surface area contributed by atoms with E-state index >= 15 is 0 Å². The van der Waals surface area contributed by atoms with Crippen LogP contribution in [0.2, 0.25) is 0 Å². The third kappa shape index (κ3) is 2.69.